The Morgan fingerprint density at radius 3 is 2.95 bits per heavy atom. The van der Waals surface area contributed by atoms with E-state index in [1.54, 1.807) is 11.3 Å². The van der Waals surface area contributed by atoms with Crippen LogP contribution in [0.5, 0.6) is 0 Å². The van der Waals surface area contributed by atoms with E-state index in [0.717, 1.165) is 25.8 Å². The third-order valence-electron chi connectivity index (χ3n) is 4.03. The van der Waals surface area contributed by atoms with Gasteiger partial charge in [-0.2, -0.15) is 13.2 Å². The summed E-state index contributed by atoms with van der Waals surface area (Å²) in [6.07, 6.45) is -0.503. The quantitative estimate of drug-likeness (QED) is 0.790. The van der Waals surface area contributed by atoms with Crippen LogP contribution in [0.25, 0.3) is 0 Å². The van der Waals surface area contributed by atoms with Gasteiger partial charge >= 0.3 is 6.18 Å². The zero-order valence-electron chi connectivity index (χ0n) is 11.8. The highest BCUT2D eigenvalue weighted by atomic mass is 32.1. The molecule has 20 heavy (non-hydrogen) atoms. The Bertz CT molecular complexity index is 413. The number of fused-ring (bicyclic) bond motifs is 1. The number of aryl methyl sites for hydroxylation is 1. The molecule has 1 aromatic heterocycles. The van der Waals surface area contributed by atoms with E-state index < -0.39 is 12.6 Å². The van der Waals surface area contributed by atoms with E-state index in [1.807, 2.05) is 6.92 Å². The lowest BCUT2D eigenvalue weighted by molar-refractivity contribution is -0.135. The molecule has 0 saturated heterocycles. The van der Waals surface area contributed by atoms with Gasteiger partial charge in [-0.25, -0.2) is 0 Å². The summed E-state index contributed by atoms with van der Waals surface area (Å²) in [6.45, 7) is 2.83. The van der Waals surface area contributed by atoms with Crippen molar-refractivity contribution in [2.24, 2.45) is 0 Å². The molecule has 0 amide bonds. The molecule has 2 rings (SSSR count). The highest BCUT2D eigenvalue weighted by Crippen LogP contribution is 2.38. The molecular formula is C15H22F3NS. The smallest absolute Gasteiger partial charge is 0.314 e. The van der Waals surface area contributed by atoms with Crippen LogP contribution < -0.4 is 5.32 Å². The molecule has 1 heterocycles. The van der Waals surface area contributed by atoms with Crippen LogP contribution >= 0.6 is 11.3 Å². The second-order valence-corrected chi connectivity index (χ2v) is 6.47. The van der Waals surface area contributed by atoms with E-state index in [9.17, 15) is 13.2 Å². The fourth-order valence-electron chi connectivity index (χ4n) is 3.17. The Labute approximate surface area is 122 Å². The van der Waals surface area contributed by atoms with E-state index in [2.05, 4.69) is 16.8 Å². The van der Waals surface area contributed by atoms with Crippen molar-refractivity contribution in [2.45, 2.75) is 63.6 Å². The lowest BCUT2D eigenvalue weighted by Gasteiger charge is -2.31. The predicted octanol–water partition coefficient (Wildman–Crippen LogP) is 4.88. The van der Waals surface area contributed by atoms with Crippen molar-refractivity contribution < 1.29 is 13.2 Å². The van der Waals surface area contributed by atoms with Crippen molar-refractivity contribution in [1.82, 2.24) is 5.32 Å². The van der Waals surface area contributed by atoms with Crippen molar-refractivity contribution in [3.05, 3.63) is 21.9 Å². The topological polar surface area (TPSA) is 12.0 Å². The third kappa shape index (κ3) is 4.22. The number of thiophene rings is 1. The van der Waals surface area contributed by atoms with Crippen molar-refractivity contribution in [2.75, 3.05) is 6.54 Å². The standard InChI is InChI=1S/C15H22F3NS/c1-2-19-13(6-4-9-15(16,17)18)11-5-3-7-14-12(11)8-10-20-14/h8,10-11,13,19H,2-7,9H2,1H3. The third-order valence-corrected chi connectivity index (χ3v) is 5.02. The zero-order chi connectivity index (χ0) is 14.6. The van der Waals surface area contributed by atoms with Gasteiger partial charge in [0.25, 0.3) is 0 Å². The molecule has 0 bridgehead atoms. The molecule has 2 unspecified atom stereocenters. The van der Waals surface area contributed by atoms with Crippen molar-refractivity contribution in [1.29, 1.82) is 0 Å². The molecule has 1 nitrogen and oxygen atoms in total. The lowest BCUT2D eigenvalue weighted by atomic mass is 9.80. The lowest BCUT2D eigenvalue weighted by Crippen LogP contribution is -2.36. The van der Waals surface area contributed by atoms with Crippen LogP contribution in [0.15, 0.2) is 11.4 Å². The molecule has 2 atom stereocenters. The maximum atomic E-state index is 12.3. The number of likely N-dealkylation sites (N-methyl/N-ethyl adjacent to an activating group) is 1. The Morgan fingerprint density at radius 2 is 2.25 bits per heavy atom. The van der Waals surface area contributed by atoms with Gasteiger partial charge in [0.2, 0.25) is 0 Å². The average molecular weight is 305 g/mol. The largest absolute Gasteiger partial charge is 0.389 e. The van der Waals surface area contributed by atoms with Gasteiger partial charge < -0.3 is 5.32 Å². The molecule has 114 valence electrons. The number of hydrogen-bond acceptors (Lipinski definition) is 2. The summed E-state index contributed by atoms with van der Waals surface area (Å²) < 4.78 is 36.9. The van der Waals surface area contributed by atoms with Gasteiger partial charge in [0.05, 0.1) is 0 Å². The Hall–Kier alpha value is -0.550. The number of rotatable bonds is 6. The van der Waals surface area contributed by atoms with Gasteiger partial charge in [0.15, 0.2) is 0 Å². The minimum absolute atomic E-state index is 0.177. The fraction of sp³-hybridized carbons (Fsp3) is 0.733. The first-order chi connectivity index (χ1) is 9.51. The number of hydrogen-bond donors (Lipinski definition) is 1. The van der Waals surface area contributed by atoms with Crippen LogP contribution in [-0.4, -0.2) is 18.8 Å². The monoisotopic (exact) mass is 305 g/mol. The van der Waals surface area contributed by atoms with Crippen LogP contribution in [0.1, 0.15) is 55.4 Å². The van der Waals surface area contributed by atoms with E-state index in [4.69, 9.17) is 0 Å². The van der Waals surface area contributed by atoms with Crippen LogP contribution in [0, 0.1) is 0 Å². The summed E-state index contributed by atoms with van der Waals surface area (Å²) in [7, 11) is 0. The molecule has 5 heteroatoms. The summed E-state index contributed by atoms with van der Waals surface area (Å²) in [4.78, 5) is 1.43. The SMILES string of the molecule is CCNC(CCCC(F)(F)F)C1CCCc2sccc21. The highest BCUT2D eigenvalue weighted by molar-refractivity contribution is 7.10. The van der Waals surface area contributed by atoms with Gasteiger partial charge in [-0.15, -0.1) is 11.3 Å². The molecule has 0 aromatic carbocycles. The molecule has 0 radical (unpaired) electrons. The first-order valence-corrected chi connectivity index (χ1v) is 8.25. The van der Waals surface area contributed by atoms with Gasteiger partial charge in [0.1, 0.15) is 0 Å². The highest BCUT2D eigenvalue weighted by Gasteiger charge is 2.30. The van der Waals surface area contributed by atoms with Crippen LogP contribution in [-0.2, 0) is 6.42 Å². The van der Waals surface area contributed by atoms with Gasteiger partial charge in [-0.1, -0.05) is 6.92 Å². The molecule has 0 fully saturated rings. The van der Waals surface area contributed by atoms with Crippen molar-refractivity contribution in [3.63, 3.8) is 0 Å². The van der Waals surface area contributed by atoms with Gasteiger partial charge in [-0.05, 0) is 55.7 Å². The Morgan fingerprint density at radius 1 is 1.45 bits per heavy atom. The van der Waals surface area contributed by atoms with E-state index >= 15 is 0 Å². The maximum Gasteiger partial charge on any atom is 0.389 e. The van der Waals surface area contributed by atoms with Crippen LogP contribution in [0.2, 0.25) is 0 Å². The molecule has 0 saturated carbocycles. The average Bonchev–Trinajstić information content (AvgIpc) is 2.84. The summed E-state index contributed by atoms with van der Waals surface area (Å²) in [6, 6.07) is 2.34. The van der Waals surface area contributed by atoms with E-state index in [0.29, 0.717) is 12.3 Å². The van der Waals surface area contributed by atoms with Gasteiger partial charge in [0, 0.05) is 23.3 Å². The number of nitrogens with one attached hydrogen (secondary N) is 1. The second kappa shape index (κ2) is 6.94. The first kappa shape index (κ1) is 15.8. The molecule has 1 aromatic rings. The van der Waals surface area contributed by atoms with Crippen molar-refractivity contribution >= 4 is 11.3 Å². The zero-order valence-corrected chi connectivity index (χ0v) is 12.6. The van der Waals surface area contributed by atoms with E-state index in [-0.39, 0.29) is 12.5 Å². The minimum Gasteiger partial charge on any atom is -0.314 e. The predicted molar refractivity (Wildman–Crippen MR) is 77.4 cm³/mol. The molecule has 0 spiro atoms. The van der Waals surface area contributed by atoms with E-state index in [1.165, 1.54) is 10.4 Å². The fourth-order valence-corrected chi connectivity index (χ4v) is 4.17. The molecule has 1 N–H and O–H groups in total. The first-order valence-electron chi connectivity index (χ1n) is 7.37. The molecule has 0 aliphatic heterocycles. The normalized spacial score (nSPS) is 20.7. The maximum absolute atomic E-state index is 12.3. The molecule has 1 aliphatic rings. The number of alkyl halides is 3. The molecular weight excluding hydrogens is 283 g/mol. The van der Waals surface area contributed by atoms with Crippen LogP contribution in [0.4, 0.5) is 13.2 Å². The summed E-state index contributed by atoms with van der Waals surface area (Å²) in [5, 5.41) is 5.52. The van der Waals surface area contributed by atoms with Crippen LogP contribution in [0.3, 0.4) is 0 Å². The number of halogens is 3. The molecule has 1 aliphatic carbocycles. The minimum atomic E-state index is -4.03. The summed E-state index contributed by atoms with van der Waals surface area (Å²) in [5.74, 6) is 0.387. The second-order valence-electron chi connectivity index (χ2n) is 5.47. The van der Waals surface area contributed by atoms with Gasteiger partial charge in [-0.3, -0.25) is 0 Å². The summed E-state index contributed by atoms with van der Waals surface area (Å²) in [5.41, 5.74) is 1.37. The van der Waals surface area contributed by atoms with Crippen molar-refractivity contribution in [3.8, 4) is 0 Å². The Balaban J connectivity index is 1.99. The Kier molecular flexibility index (Phi) is 5.49. The summed E-state index contributed by atoms with van der Waals surface area (Å²) >= 11 is 1.78.